The van der Waals surface area contributed by atoms with Crippen LogP contribution in [0, 0.1) is 11.3 Å². The second kappa shape index (κ2) is 7.29. The van der Waals surface area contributed by atoms with E-state index in [9.17, 15) is 4.79 Å². The molecule has 0 aromatic carbocycles. The third-order valence-electron chi connectivity index (χ3n) is 6.43. The standard InChI is InChI=1S/C20H32N4O2/c1-15(2)12-18-21-17(22-26-18)13-23-11-9-20(14-23)8-5-10-24(19(20)25)16-6-3-4-7-16/h15-16H,3-14H2,1-2H3/t20-/m1/s1. The van der Waals surface area contributed by atoms with Crippen molar-refractivity contribution in [3.63, 3.8) is 0 Å². The largest absolute Gasteiger partial charge is 0.339 e. The number of nitrogens with zero attached hydrogens (tertiary/aromatic N) is 4. The summed E-state index contributed by atoms with van der Waals surface area (Å²) in [5.41, 5.74) is -0.161. The van der Waals surface area contributed by atoms with Crippen LogP contribution < -0.4 is 0 Å². The van der Waals surface area contributed by atoms with Gasteiger partial charge in [-0.05, 0) is 44.6 Å². The Morgan fingerprint density at radius 3 is 2.77 bits per heavy atom. The van der Waals surface area contributed by atoms with Crippen molar-refractivity contribution in [2.75, 3.05) is 19.6 Å². The van der Waals surface area contributed by atoms with Crippen LogP contribution in [0.25, 0.3) is 0 Å². The van der Waals surface area contributed by atoms with Crippen LogP contribution in [0.15, 0.2) is 4.52 Å². The number of hydrogen-bond acceptors (Lipinski definition) is 5. The monoisotopic (exact) mass is 360 g/mol. The summed E-state index contributed by atoms with van der Waals surface area (Å²) in [7, 11) is 0. The smallest absolute Gasteiger partial charge is 0.230 e. The molecule has 0 N–H and O–H groups in total. The summed E-state index contributed by atoms with van der Waals surface area (Å²) in [5, 5.41) is 4.14. The molecule has 26 heavy (non-hydrogen) atoms. The number of carbonyl (C=O) groups excluding carboxylic acids is 1. The van der Waals surface area contributed by atoms with Gasteiger partial charge in [0.2, 0.25) is 11.8 Å². The molecule has 0 radical (unpaired) electrons. The Hall–Kier alpha value is -1.43. The van der Waals surface area contributed by atoms with E-state index < -0.39 is 0 Å². The van der Waals surface area contributed by atoms with Crippen LogP contribution in [0.3, 0.4) is 0 Å². The fourth-order valence-electron chi connectivity index (χ4n) is 5.12. The first-order chi connectivity index (χ1) is 12.6. The first kappa shape index (κ1) is 18.0. The van der Waals surface area contributed by atoms with Crippen molar-refractivity contribution < 1.29 is 9.32 Å². The van der Waals surface area contributed by atoms with Crippen LogP contribution in [0.5, 0.6) is 0 Å². The van der Waals surface area contributed by atoms with Gasteiger partial charge in [-0.2, -0.15) is 4.98 Å². The van der Waals surface area contributed by atoms with Crippen molar-refractivity contribution in [1.82, 2.24) is 19.9 Å². The maximum atomic E-state index is 13.3. The molecule has 1 aromatic rings. The third kappa shape index (κ3) is 3.53. The van der Waals surface area contributed by atoms with E-state index in [1.165, 1.54) is 25.7 Å². The topological polar surface area (TPSA) is 62.5 Å². The highest BCUT2D eigenvalue weighted by Gasteiger charge is 2.49. The molecule has 3 heterocycles. The zero-order chi connectivity index (χ0) is 18.1. The van der Waals surface area contributed by atoms with Crippen molar-refractivity contribution >= 4 is 5.91 Å². The molecule has 1 spiro atoms. The fraction of sp³-hybridized carbons (Fsp3) is 0.850. The van der Waals surface area contributed by atoms with Crippen molar-refractivity contribution in [2.24, 2.45) is 11.3 Å². The van der Waals surface area contributed by atoms with Crippen LogP contribution in [0.2, 0.25) is 0 Å². The number of carbonyl (C=O) groups is 1. The molecular weight excluding hydrogens is 328 g/mol. The maximum absolute atomic E-state index is 13.3. The van der Waals surface area contributed by atoms with Gasteiger partial charge in [-0.1, -0.05) is 31.8 Å². The van der Waals surface area contributed by atoms with Crippen molar-refractivity contribution in [2.45, 2.75) is 77.8 Å². The lowest BCUT2D eigenvalue weighted by molar-refractivity contribution is -0.148. The highest BCUT2D eigenvalue weighted by Crippen LogP contribution is 2.42. The van der Waals surface area contributed by atoms with Crippen molar-refractivity contribution in [1.29, 1.82) is 0 Å². The Morgan fingerprint density at radius 2 is 2.00 bits per heavy atom. The summed E-state index contributed by atoms with van der Waals surface area (Å²) in [6.07, 6.45) is 8.96. The SMILES string of the molecule is CC(C)Cc1nc(CN2CC[C@]3(CCCN(C4CCCC4)C3=O)C2)no1. The molecule has 3 fully saturated rings. The molecular formula is C20H32N4O2. The van der Waals surface area contributed by atoms with E-state index in [2.05, 4.69) is 33.8 Å². The quantitative estimate of drug-likeness (QED) is 0.808. The second-order valence-corrected chi connectivity index (χ2v) is 8.98. The minimum Gasteiger partial charge on any atom is -0.339 e. The Morgan fingerprint density at radius 1 is 1.19 bits per heavy atom. The third-order valence-corrected chi connectivity index (χ3v) is 6.43. The van der Waals surface area contributed by atoms with E-state index in [1.54, 1.807) is 0 Å². The summed E-state index contributed by atoms with van der Waals surface area (Å²) in [6, 6.07) is 0.504. The van der Waals surface area contributed by atoms with Crippen LogP contribution in [-0.4, -0.2) is 51.5 Å². The van der Waals surface area contributed by atoms with Gasteiger partial charge in [0.15, 0.2) is 5.82 Å². The predicted molar refractivity (Wildman–Crippen MR) is 98.4 cm³/mol. The first-order valence-electron chi connectivity index (χ1n) is 10.4. The van der Waals surface area contributed by atoms with E-state index >= 15 is 0 Å². The summed E-state index contributed by atoms with van der Waals surface area (Å²) in [5.74, 6) is 2.42. The molecule has 4 rings (SSSR count). The lowest BCUT2D eigenvalue weighted by Gasteiger charge is -2.42. The predicted octanol–water partition coefficient (Wildman–Crippen LogP) is 3.03. The van der Waals surface area contributed by atoms with Gasteiger partial charge in [0, 0.05) is 25.6 Å². The highest BCUT2D eigenvalue weighted by molar-refractivity contribution is 5.84. The van der Waals surface area contributed by atoms with Gasteiger partial charge < -0.3 is 9.42 Å². The highest BCUT2D eigenvalue weighted by atomic mass is 16.5. The van der Waals surface area contributed by atoms with Gasteiger partial charge >= 0.3 is 0 Å². The van der Waals surface area contributed by atoms with E-state index in [-0.39, 0.29) is 5.41 Å². The average Bonchev–Trinajstić information content (AvgIpc) is 3.33. The molecule has 0 unspecified atom stereocenters. The molecule has 2 aliphatic heterocycles. The molecule has 2 saturated heterocycles. The zero-order valence-electron chi connectivity index (χ0n) is 16.2. The number of piperidine rings is 1. The molecule has 1 aliphatic carbocycles. The van der Waals surface area contributed by atoms with Gasteiger partial charge in [0.05, 0.1) is 12.0 Å². The average molecular weight is 361 g/mol. The normalized spacial score (nSPS) is 28.1. The number of aromatic nitrogens is 2. The summed E-state index contributed by atoms with van der Waals surface area (Å²) < 4.78 is 5.37. The van der Waals surface area contributed by atoms with Crippen LogP contribution >= 0.6 is 0 Å². The van der Waals surface area contributed by atoms with Crippen LogP contribution in [0.4, 0.5) is 0 Å². The molecule has 3 aliphatic rings. The Kier molecular flexibility index (Phi) is 5.04. The summed E-state index contributed by atoms with van der Waals surface area (Å²) in [6.45, 7) is 7.77. The van der Waals surface area contributed by atoms with E-state index in [0.717, 1.165) is 57.0 Å². The van der Waals surface area contributed by atoms with Gasteiger partial charge in [-0.3, -0.25) is 9.69 Å². The van der Waals surface area contributed by atoms with Gasteiger partial charge in [-0.15, -0.1) is 0 Å². The first-order valence-corrected chi connectivity index (χ1v) is 10.4. The fourth-order valence-corrected chi connectivity index (χ4v) is 5.12. The molecule has 6 nitrogen and oxygen atoms in total. The molecule has 6 heteroatoms. The van der Waals surface area contributed by atoms with E-state index in [4.69, 9.17) is 4.52 Å². The Bertz CT molecular complexity index is 638. The lowest BCUT2D eigenvalue weighted by atomic mass is 9.77. The Balaban J connectivity index is 1.39. The van der Waals surface area contributed by atoms with E-state index in [1.807, 2.05) is 0 Å². The number of likely N-dealkylation sites (tertiary alicyclic amines) is 2. The number of rotatable bonds is 5. The molecule has 1 saturated carbocycles. The molecule has 0 bridgehead atoms. The minimum absolute atomic E-state index is 0.161. The second-order valence-electron chi connectivity index (χ2n) is 8.98. The van der Waals surface area contributed by atoms with Crippen LogP contribution in [-0.2, 0) is 17.8 Å². The van der Waals surface area contributed by atoms with Gasteiger partial charge in [0.25, 0.3) is 0 Å². The van der Waals surface area contributed by atoms with Gasteiger partial charge in [-0.25, -0.2) is 0 Å². The Labute approximate surface area is 156 Å². The molecule has 1 aromatic heterocycles. The van der Waals surface area contributed by atoms with Gasteiger partial charge in [0.1, 0.15) is 0 Å². The van der Waals surface area contributed by atoms with Crippen molar-refractivity contribution in [3.05, 3.63) is 11.7 Å². The maximum Gasteiger partial charge on any atom is 0.230 e. The summed E-state index contributed by atoms with van der Waals surface area (Å²) in [4.78, 5) is 22.4. The zero-order valence-corrected chi connectivity index (χ0v) is 16.2. The molecule has 1 atom stereocenters. The number of amides is 1. The number of hydrogen-bond donors (Lipinski definition) is 0. The molecule has 144 valence electrons. The minimum atomic E-state index is -0.161. The summed E-state index contributed by atoms with van der Waals surface area (Å²) >= 11 is 0. The lowest BCUT2D eigenvalue weighted by Crippen LogP contribution is -2.53. The van der Waals surface area contributed by atoms with Crippen LogP contribution in [0.1, 0.15) is 70.5 Å². The molecule has 1 amide bonds. The van der Waals surface area contributed by atoms with E-state index in [0.29, 0.717) is 24.4 Å². The van der Waals surface area contributed by atoms with Crippen molar-refractivity contribution in [3.8, 4) is 0 Å².